The zero-order valence-corrected chi connectivity index (χ0v) is 18.0. The molecule has 0 spiro atoms. The average Bonchev–Trinajstić information content (AvgIpc) is 2.53. The molecule has 0 heterocycles. The Morgan fingerprint density at radius 1 is 1.07 bits per heavy atom. The van der Waals surface area contributed by atoms with E-state index in [1.54, 1.807) is 6.92 Å². The van der Waals surface area contributed by atoms with Crippen LogP contribution in [0.25, 0.3) is 6.08 Å². The first-order valence-electron chi connectivity index (χ1n) is 9.33. The molecule has 3 heteroatoms. The third kappa shape index (κ3) is 6.93. The van der Waals surface area contributed by atoms with Gasteiger partial charge in [0.25, 0.3) is 0 Å². The lowest BCUT2D eigenvalue weighted by Gasteiger charge is -2.21. The Bertz CT molecular complexity index is 793. The number of anilines is 1. The highest BCUT2D eigenvalue weighted by molar-refractivity contribution is 5.83. The molecular weight excluding hydrogens is 334 g/mol. The van der Waals surface area contributed by atoms with Gasteiger partial charge in [-0.2, -0.15) is 0 Å². The van der Waals surface area contributed by atoms with Crippen LogP contribution >= 0.6 is 0 Å². The molecule has 0 amide bonds. The molecule has 0 aromatic heterocycles. The summed E-state index contributed by atoms with van der Waals surface area (Å²) in [5.74, 6) is -0.303. The van der Waals surface area contributed by atoms with Crippen molar-refractivity contribution in [2.24, 2.45) is 0 Å². The van der Waals surface area contributed by atoms with Crippen LogP contribution in [0.2, 0.25) is 0 Å². The van der Waals surface area contributed by atoms with Gasteiger partial charge in [0.1, 0.15) is 0 Å². The lowest BCUT2D eigenvalue weighted by molar-refractivity contribution is -0.137. The maximum Gasteiger partial charge on any atom is 0.330 e. The summed E-state index contributed by atoms with van der Waals surface area (Å²) in [6.07, 6.45) is 11.7. The summed E-state index contributed by atoms with van der Waals surface area (Å²) in [5, 5.41) is 0. The number of aryl methyl sites for hydroxylation is 2. The molecule has 146 valence electrons. The maximum atomic E-state index is 11.4. The molecule has 1 aromatic rings. The van der Waals surface area contributed by atoms with E-state index >= 15 is 0 Å². The molecule has 0 atom stereocenters. The van der Waals surface area contributed by atoms with Crippen molar-refractivity contribution in [3.8, 4) is 0 Å². The minimum atomic E-state index is -0.303. The number of rotatable bonds is 7. The predicted octanol–water partition coefficient (Wildman–Crippen LogP) is 5.70. The van der Waals surface area contributed by atoms with E-state index in [1.165, 1.54) is 34.0 Å². The Labute approximate surface area is 164 Å². The van der Waals surface area contributed by atoms with Gasteiger partial charge in [-0.15, -0.1) is 0 Å². The van der Waals surface area contributed by atoms with Crippen molar-refractivity contribution in [2.45, 2.75) is 41.5 Å². The van der Waals surface area contributed by atoms with Gasteiger partial charge in [0.2, 0.25) is 0 Å². The summed E-state index contributed by atoms with van der Waals surface area (Å²) in [5.41, 5.74) is 8.42. The highest BCUT2D eigenvalue weighted by Gasteiger charge is 2.10. The van der Waals surface area contributed by atoms with Crippen LogP contribution in [0.5, 0.6) is 0 Å². The SMILES string of the molecule is CCOC(=O)C=C(C)C=CC=C(C)C=Cc1c(C)cc(C)c(N(C)C)c1C. The molecule has 0 saturated heterocycles. The van der Waals surface area contributed by atoms with E-state index in [0.717, 1.165) is 11.1 Å². The first-order valence-corrected chi connectivity index (χ1v) is 9.33. The summed E-state index contributed by atoms with van der Waals surface area (Å²) in [4.78, 5) is 13.6. The van der Waals surface area contributed by atoms with E-state index in [-0.39, 0.29) is 5.97 Å². The van der Waals surface area contributed by atoms with Crippen molar-refractivity contribution in [3.05, 3.63) is 69.8 Å². The number of esters is 1. The van der Waals surface area contributed by atoms with E-state index in [4.69, 9.17) is 4.74 Å². The van der Waals surface area contributed by atoms with Crippen LogP contribution in [0.1, 0.15) is 43.0 Å². The minimum absolute atomic E-state index is 0.303. The van der Waals surface area contributed by atoms with Gasteiger partial charge in [0, 0.05) is 25.9 Å². The van der Waals surface area contributed by atoms with Crippen LogP contribution in [-0.4, -0.2) is 26.7 Å². The zero-order chi connectivity index (χ0) is 20.6. The van der Waals surface area contributed by atoms with Gasteiger partial charge in [-0.05, 0) is 69.4 Å². The maximum absolute atomic E-state index is 11.4. The van der Waals surface area contributed by atoms with E-state index in [2.05, 4.69) is 64.9 Å². The monoisotopic (exact) mass is 367 g/mol. The number of ether oxygens (including phenoxy) is 1. The molecule has 0 N–H and O–H groups in total. The molecule has 0 fully saturated rings. The minimum Gasteiger partial charge on any atom is -0.463 e. The van der Waals surface area contributed by atoms with Crippen LogP contribution in [0.15, 0.2) is 47.6 Å². The summed E-state index contributed by atoms with van der Waals surface area (Å²) >= 11 is 0. The average molecular weight is 368 g/mol. The second-order valence-electron chi connectivity index (χ2n) is 7.04. The molecule has 3 nitrogen and oxygen atoms in total. The topological polar surface area (TPSA) is 29.5 Å². The molecule has 1 aromatic carbocycles. The van der Waals surface area contributed by atoms with Crippen LogP contribution in [-0.2, 0) is 9.53 Å². The summed E-state index contributed by atoms with van der Waals surface area (Å²) < 4.78 is 4.91. The fourth-order valence-corrected chi connectivity index (χ4v) is 3.17. The molecule has 0 saturated carbocycles. The smallest absolute Gasteiger partial charge is 0.330 e. The third-order valence-electron chi connectivity index (χ3n) is 4.30. The number of benzene rings is 1. The Kier molecular flexibility index (Phi) is 8.80. The molecule has 0 aliphatic carbocycles. The van der Waals surface area contributed by atoms with Gasteiger partial charge >= 0.3 is 5.97 Å². The van der Waals surface area contributed by atoms with Gasteiger partial charge in [0.05, 0.1) is 6.61 Å². The molecule has 0 aliphatic heterocycles. The van der Waals surface area contributed by atoms with Crippen LogP contribution in [0, 0.1) is 20.8 Å². The number of carbonyl (C=O) groups excluding carboxylic acids is 1. The second kappa shape index (κ2) is 10.6. The fraction of sp³-hybridized carbons (Fsp3) is 0.375. The summed E-state index contributed by atoms with van der Waals surface area (Å²) in [7, 11) is 4.17. The normalized spacial score (nSPS) is 12.9. The fourth-order valence-electron chi connectivity index (χ4n) is 3.17. The van der Waals surface area contributed by atoms with Gasteiger partial charge in [-0.3, -0.25) is 0 Å². The molecule has 27 heavy (non-hydrogen) atoms. The number of allylic oxidation sites excluding steroid dienone is 6. The molecular formula is C24H33NO2. The van der Waals surface area contributed by atoms with Crippen molar-refractivity contribution in [1.29, 1.82) is 0 Å². The predicted molar refractivity (Wildman–Crippen MR) is 117 cm³/mol. The number of carbonyl (C=O) groups is 1. The van der Waals surface area contributed by atoms with Gasteiger partial charge in [0.15, 0.2) is 0 Å². The Balaban J connectivity index is 2.97. The van der Waals surface area contributed by atoms with E-state index in [1.807, 2.05) is 25.2 Å². The largest absolute Gasteiger partial charge is 0.463 e. The molecule has 1 rings (SSSR count). The van der Waals surface area contributed by atoms with Crippen LogP contribution in [0.4, 0.5) is 5.69 Å². The van der Waals surface area contributed by atoms with E-state index in [9.17, 15) is 4.79 Å². The van der Waals surface area contributed by atoms with Crippen molar-refractivity contribution in [1.82, 2.24) is 0 Å². The van der Waals surface area contributed by atoms with Crippen LogP contribution < -0.4 is 4.90 Å². The van der Waals surface area contributed by atoms with Crippen molar-refractivity contribution in [2.75, 3.05) is 25.6 Å². The van der Waals surface area contributed by atoms with Crippen molar-refractivity contribution >= 4 is 17.7 Å². The molecule has 0 radical (unpaired) electrons. The number of nitrogens with zero attached hydrogens (tertiary/aromatic N) is 1. The Morgan fingerprint density at radius 3 is 2.33 bits per heavy atom. The van der Waals surface area contributed by atoms with Crippen LogP contribution in [0.3, 0.4) is 0 Å². The zero-order valence-electron chi connectivity index (χ0n) is 18.0. The summed E-state index contributed by atoms with van der Waals surface area (Å²) in [6.45, 7) is 12.6. The van der Waals surface area contributed by atoms with Gasteiger partial charge in [-0.1, -0.05) is 42.0 Å². The number of hydrogen-bond acceptors (Lipinski definition) is 3. The first kappa shape index (κ1) is 22.5. The Hall–Kier alpha value is -2.55. The molecule has 0 aliphatic rings. The highest BCUT2D eigenvalue weighted by atomic mass is 16.5. The van der Waals surface area contributed by atoms with E-state index in [0.29, 0.717) is 6.61 Å². The molecule has 0 bridgehead atoms. The van der Waals surface area contributed by atoms with Gasteiger partial charge < -0.3 is 9.64 Å². The molecule has 0 unspecified atom stereocenters. The van der Waals surface area contributed by atoms with Crippen molar-refractivity contribution in [3.63, 3.8) is 0 Å². The third-order valence-corrected chi connectivity index (χ3v) is 4.30. The standard InChI is InChI=1S/C24H33NO2/c1-9-27-23(26)15-18(3)12-10-11-17(2)13-14-22-19(4)16-20(5)24(21(22)6)25(7)8/h10-16H,9H2,1-8H3. The van der Waals surface area contributed by atoms with Gasteiger partial charge in [-0.25, -0.2) is 4.79 Å². The highest BCUT2D eigenvalue weighted by Crippen LogP contribution is 2.29. The lowest BCUT2D eigenvalue weighted by atomic mass is 9.96. The quantitative estimate of drug-likeness (QED) is 0.351. The second-order valence-corrected chi connectivity index (χ2v) is 7.04. The van der Waals surface area contributed by atoms with E-state index < -0.39 is 0 Å². The Morgan fingerprint density at radius 2 is 1.74 bits per heavy atom. The van der Waals surface area contributed by atoms with Crippen molar-refractivity contribution < 1.29 is 9.53 Å². The lowest BCUT2D eigenvalue weighted by Crippen LogP contribution is -2.13. The number of hydrogen-bond donors (Lipinski definition) is 0. The summed E-state index contributed by atoms with van der Waals surface area (Å²) in [6, 6.07) is 2.24. The first-order chi connectivity index (χ1) is 12.7.